The van der Waals surface area contributed by atoms with Crippen LogP contribution in [0.5, 0.6) is 0 Å². The summed E-state index contributed by atoms with van der Waals surface area (Å²) in [5, 5.41) is 0. The van der Waals surface area contributed by atoms with E-state index < -0.39 is 21.7 Å². The van der Waals surface area contributed by atoms with Gasteiger partial charge in [-0.2, -0.15) is 4.31 Å². The van der Waals surface area contributed by atoms with Crippen molar-refractivity contribution in [1.82, 2.24) is 9.21 Å². The van der Waals surface area contributed by atoms with Crippen LogP contribution in [0, 0.1) is 5.82 Å². The molecule has 0 aromatic heterocycles. The van der Waals surface area contributed by atoms with Gasteiger partial charge in [0.25, 0.3) is 5.91 Å². The Labute approximate surface area is 233 Å². The van der Waals surface area contributed by atoms with Crippen LogP contribution < -0.4 is 0 Å². The Bertz CT molecular complexity index is 1300. The average molecular weight is 654 g/mol. The summed E-state index contributed by atoms with van der Waals surface area (Å²) >= 11 is 6.89. The first-order chi connectivity index (χ1) is 17.6. The number of ether oxygens (including phenoxy) is 1. The number of carbonyl (C=O) groups excluding carboxylic acids is 1. The van der Waals surface area contributed by atoms with E-state index in [-0.39, 0.29) is 29.6 Å². The fourth-order valence-electron chi connectivity index (χ4n) is 4.25. The number of halogens is 3. The van der Waals surface area contributed by atoms with E-state index in [4.69, 9.17) is 4.74 Å². The van der Waals surface area contributed by atoms with E-state index in [0.717, 1.165) is 32.2 Å². The van der Waals surface area contributed by atoms with Crippen molar-refractivity contribution in [2.45, 2.75) is 23.8 Å². The third-order valence-corrected chi connectivity index (χ3v) is 9.37. The Morgan fingerprint density at radius 2 is 1.46 bits per heavy atom. The molecule has 37 heavy (non-hydrogen) atoms. The summed E-state index contributed by atoms with van der Waals surface area (Å²) in [5.74, 6) is -1.33. The molecule has 0 bridgehead atoms. The first-order valence-electron chi connectivity index (χ1n) is 11.8. The number of morpholine rings is 1. The molecular weight excluding hydrogens is 627 g/mol. The summed E-state index contributed by atoms with van der Waals surface area (Å²) in [5.41, 5.74) is 1.77. The molecule has 1 heterocycles. The minimum absolute atomic E-state index is 0.107. The van der Waals surface area contributed by atoms with Gasteiger partial charge in [0.1, 0.15) is 5.82 Å². The number of hydrogen-bond donors (Lipinski definition) is 0. The zero-order valence-corrected chi connectivity index (χ0v) is 24.2. The Balaban J connectivity index is 1.63. The molecule has 1 saturated heterocycles. The van der Waals surface area contributed by atoms with Gasteiger partial charge in [0.15, 0.2) is 0 Å². The van der Waals surface area contributed by atoms with Crippen LogP contribution in [-0.2, 0) is 27.6 Å². The second kappa shape index (κ2) is 12.2. The quantitative estimate of drug-likeness (QED) is 0.331. The normalized spacial score (nSPS) is 14.6. The molecule has 0 atom stereocenters. The lowest BCUT2D eigenvalue weighted by Gasteiger charge is -2.29. The van der Waals surface area contributed by atoms with Gasteiger partial charge in [-0.3, -0.25) is 4.79 Å². The number of hydrogen-bond acceptors (Lipinski definition) is 4. The topological polar surface area (TPSA) is 66.9 Å². The molecule has 0 saturated carbocycles. The third kappa shape index (κ3) is 6.86. The molecule has 0 unspecified atom stereocenters. The minimum Gasteiger partial charge on any atom is -0.379 e. The molecule has 4 rings (SSSR count). The summed E-state index contributed by atoms with van der Waals surface area (Å²) in [6.07, 6.45) is 1.08. The highest BCUT2D eigenvalue weighted by Gasteiger charge is 2.30. The van der Waals surface area contributed by atoms with Gasteiger partial charge in [0, 0.05) is 35.1 Å². The second-order valence-electron chi connectivity index (χ2n) is 8.89. The van der Waals surface area contributed by atoms with E-state index in [0.29, 0.717) is 26.1 Å². The van der Waals surface area contributed by atoms with Crippen LogP contribution in [0.15, 0.2) is 80.6 Å². The molecule has 1 aliphatic heterocycles. The van der Waals surface area contributed by atoms with E-state index in [9.17, 15) is 17.6 Å². The van der Waals surface area contributed by atoms with Crippen LogP contribution in [0.4, 0.5) is 4.39 Å². The molecule has 1 amide bonds. The Hall–Kier alpha value is -2.11. The van der Waals surface area contributed by atoms with E-state index in [1.54, 1.807) is 7.05 Å². The van der Waals surface area contributed by atoms with Crippen LogP contribution in [0.25, 0.3) is 0 Å². The standard InChI is InChI=1S/C27H27Br2FN2O4S/c1-31(23(16-19-2-6-21(28)7-3-19)17-20-4-8-22(29)9-5-20)27(33)25-18-24(10-11-26(25)30)37(34,35)32-12-14-36-15-13-32/h2-11,18,23H,12-17H2,1H3. The van der Waals surface area contributed by atoms with Crippen LogP contribution in [0.1, 0.15) is 21.5 Å². The summed E-state index contributed by atoms with van der Waals surface area (Å²) < 4.78 is 49.6. The molecule has 196 valence electrons. The first kappa shape index (κ1) is 27.9. The third-order valence-electron chi connectivity index (χ3n) is 6.41. The van der Waals surface area contributed by atoms with Crippen LogP contribution >= 0.6 is 31.9 Å². The van der Waals surface area contributed by atoms with Crippen molar-refractivity contribution >= 4 is 47.8 Å². The molecule has 6 nitrogen and oxygen atoms in total. The van der Waals surface area contributed by atoms with Gasteiger partial charge < -0.3 is 9.64 Å². The van der Waals surface area contributed by atoms with Gasteiger partial charge in [0.05, 0.1) is 23.7 Å². The zero-order valence-electron chi connectivity index (χ0n) is 20.2. The van der Waals surface area contributed by atoms with Gasteiger partial charge in [0.2, 0.25) is 10.0 Å². The predicted octanol–water partition coefficient (Wildman–Crippen LogP) is 5.30. The fourth-order valence-corrected chi connectivity index (χ4v) is 6.22. The monoisotopic (exact) mass is 652 g/mol. The molecule has 1 fully saturated rings. The largest absolute Gasteiger partial charge is 0.379 e. The number of nitrogens with zero attached hydrogens (tertiary/aromatic N) is 2. The van der Waals surface area contributed by atoms with Crippen LogP contribution in [0.3, 0.4) is 0 Å². The Morgan fingerprint density at radius 1 is 0.946 bits per heavy atom. The highest BCUT2D eigenvalue weighted by molar-refractivity contribution is 9.10. The van der Waals surface area contributed by atoms with Crippen molar-refractivity contribution in [3.63, 3.8) is 0 Å². The Morgan fingerprint density at radius 3 is 1.97 bits per heavy atom. The lowest BCUT2D eigenvalue weighted by Crippen LogP contribution is -2.41. The number of sulfonamides is 1. The lowest BCUT2D eigenvalue weighted by molar-refractivity contribution is 0.0722. The first-order valence-corrected chi connectivity index (χ1v) is 14.8. The molecule has 10 heteroatoms. The fraction of sp³-hybridized carbons (Fsp3) is 0.296. The average Bonchev–Trinajstić information content (AvgIpc) is 2.90. The van der Waals surface area contributed by atoms with Gasteiger partial charge in [-0.25, -0.2) is 12.8 Å². The molecule has 0 radical (unpaired) electrons. The van der Waals surface area contributed by atoms with Crippen LogP contribution in [0.2, 0.25) is 0 Å². The highest BCUT2D eigenvalue weighted by Crippen LogP contribution is 2.24. The molecule has 3 aromatic rings. The summed E-state index contributed by atoms with van der Waals surface area (Å²) in [4.78, 5) is 15.0. The molecule has 1 aliphatic rings. The van der Waals surface area contributed by atoms with Gasteiger partial charge in [-0.05, 0) is 66.4 Å². The van der Waals surface area contributed by atoms with Gasteiger partial charge in [-0.15, -0.1) is 0 Å². The maximum Gasteiger partial charge on any atom is 0.256 e. The van der Waals surface area contributed by atoms with Crippen molar-refractivity contribution in [2.75, 3.05) is 33.4 Å². The van der Waals surface area contributed by atoms with Crippen molar-refractivity contribution in [2.24, 2.45) is 0 Å². The zero-order chi connectivity index (χ0) is 26.6. The maximum atomic E-state index is 14.9. The van der Waals surface area contributed by atoms with Crippen molar-refractivity contribution in [1.29, 1.82) is 0 Å². The van der Waals surface area contributed by atoms with Crippen molar-refractivity contribution in [3.8, 4) is 0 Å². The number of rotatable bonds is 8. The predicted molar refractivity (Wildman–Crippen MR) is 148 cm³/mol. The number of amides is 1. The SMILES string of the molecule is CN(C(=O)c1cc(S(=O)(=O)N2CCOCC2)ccc1F)C(Cc1ccc(Br)cc1)Cc1ccc(Br)cc1. The number of likely N-dealkylation sites (N-methyl/N-ethyl adjacent to an activating group) is 1. The number of carbonyl (C=O) groups is 1. The number of benzene rings is 3. The van der Waals surface area contributed by atoms with Gasteiger partial charge in [-0.1, -0.05) is 56.1 Å². The lowest BCUT2D eigenvalue weighted by atomic mass is 9.97. The molecule has 0 aliphatic carbocycles. The molecule has 3 aromatic carbocycles. The highest BCUT2D eigenvalue weighted by atomic mass is 79.9. The van der Waals surface area contributed by atoms with Crippen molar-refractivity contribution in [3.05, 3.63) is 98.2 Å². The second-order valence-corrected chi connectivity index (χ2v) is 12.7. The minimum atomic E-state index is -3.88. The Kier molecular flexibility index (Phi) is 9.18. The summed E-state index contributed by atoms with van der Waals surface area (Å²) in [7, 11) is -2.25. The van der Waals surface area contributed by atoms with E-state index in [1.807, 2.05) is 48.5 Å². The van der Waals surface area contributed by atoms with Crippen LogP contribution in [-0.4, -0.2) is 62.9 Å². The van der Waals surface area contributed by atoms with E-state index >= 15 is 0 Å². The molecule has 0 N–H and O–H groups in total. The van der Waals surface area contributed by atoms with E-state index in [1.165, 1.54) is 15.3 Å². The summed E-state index contributed by atoms with van der Waals surface area (Å²) in [6.45, 7) is 1.02. The van der Waals surface area contributed by atoms with E-state index in [2.05, 4.69) is 31.9 Å². The summed E-state index contributed by atoms with van der Waals surface area (Å²) in [6, 6.07) is 18.8. The smallest absolute Gasteiger partial charge is 0.256 e. The molecular formula is C27H27Br2FN2O4S. The maximum absolute atomic E-state index is 14.9. The van der Waals surface area contributed by atoms with Crippen molar-refractivity contribution < 1.29 is 22.3 Å². The molecule has 0 spiro atoms. The van der Waals surface area contributed by atoms with Gasteiger partial charge >= 0.3 is 0 Å².